The molecule has 0 radical (unpaired) electrons. The Kier molecular flexibility index (Phi) is 6.49. The van der Waals surface area contributed by atoms with Crippen LogP contribution in [0.1, 0.15) is 12.8 Å². The van der Waals surface area contributed by atoms with Gasteiger partial charge in [0, 0.05) is 42.1 Å². The third kappa shape index (κ3) is 5.07. The molecule has 4 rings (SSSR count). The monoisotopic (exact) mass is 490 g/mol. The number of hydrogen-bond acceptors (Lipinski definition) is 7. The maximum absolute atomic E-state index is 13.1. The summed E-state index contributed by atoms with van der Waals surface area (Å²) in [5, 5.41) is 15.7. The van der Waals surface area contributed by atoms with E-state index in [9.17, 15) is 27.7 Å². The molecular formula is C21H19FN4O5S2. The first-order valence-corrected chi connectivity index (χ1v) is 12.3. The summed E-state index contributed by atoms with van der Waals surface area (Å²) >= 11 is 1.24. The average molecular weight is 491 g/mol. The molecule has 1 aromatic heterocycles. The van der Waals surface area contributed by atoms with Crippen LogP contribution in [0.5, 0.6) is 0 Å². The summed E-state index contributed by atoms with van der Waals surface area (Å²) in [5.41, 5.74) is 1.26. The molecule has 0 atom stereocenters. The van der Waals surface area contributed by atoms with Crippen LogP contribution in [0.4, 0.5) is 15.2 Å². The van der Waals surface area contributed by atoms with E-state index in [0.717, 1.165) is 12.1 Å². The van der Waals surface area contributed by atoms with E-state index in [1.54, 1.807) is 17.5 Å². The molecule has 1 saturated heterocycles. The van der Waals surface area contributed by atoms with Gasteiger partial charge < -0.3 is 5.32 Å². The Hall–Kier alpha value is -3.22. The minimum atomic E-state index is -3.74. The number of aromatic nitrogens is 1. The molecule has 33 heavy (non-hydrogen) atoms. The molecule has 0 saturated carbocycles. The fourth-order valence-corrected chi connectivity index (χ4v) is 5.73. The number of thiazole rings is 1. The number of sulfonamides is 1. The number of nitro groups is 1. The van der Waals surface area contributed by atoms with Gasteiger partial charge in [0.15, 0.2) is 5.13 Å². The Morgan fingerprint density at radius 3 is 2.36 bits per heavy atom. The van der Waals surface area contributed by atoms with Crippen LogP contribution >= 0.6 is 11.3 Å². The van der Waals surface area contributed by atoms with Crippen molar-refractivity contribution < 1.29 is 22.5 Å². The topological polar surface area (TPSA) is 123 Å². The maximum Gasteiger partial charge on any atom is 0.269 e. The lowest BCUT2D eigenvalue weighted by Gasteiger charge is -2.30. The number of anilines is 1. The fraction of sp³-hybridized carbons (Fsp3) is 0.238. The highest BCUT2D eigenvalue weighted by atomic mass is 32.2. The number of amides is 1. The van der Waals surface area contributed by atoms with E-state index in [-0.39, 0.29) is 35.5 Å². The van der Waals surface area contributed by atoms with Crippen molar-refractivity contribution in [2.24, 2.45) is 5.92 Å². The zero-order chi connectivity index (χ0) is 23.6. The maximum atomic E-state index is 13.1. The molecule has 1 aliphatic heterocycles. The molecule has 172 valence electrons. The van der Waals surface area contributed by atoms with Crippen LogP contribution < -0.4 is 5.32 Å². The molecule has 2 aromatic carbocycles. The van der Waals surface area contributed by atoms with Crippen molar-refractivity contribution in [3.05, 3.63) is 69.8 Å². The van der Waals surface area contributed by atoms with Crippen molar-refractivity contribution in [1.29, 1.82) is 0 Å². The van der Waals surface area contributed by atoms with E-state index in [4.69, 9.17) is 0 Å². The predicted molar refractivity (Wildman–Crippen MR) is 121 cm³/mol. The number of nitrogens with zero attached hydrogens (tertiary/aromatic N) is 3. The van der Waals surface area contributed by atoms with Crippen molar-refractivity contribution in [1.82, 2.24) is 9.29 Å². The van der Waals surface area contributed by atoms with Gasteiger partial charge in [-0.3, -0.25) is 14.9 Å². The molecule has 12 heteroatoms. The molecule has 1 aliphatic rings. The van der Waals surface area contributed by atoms with Crippen LogP contribution in [0.2, 0.25) is 0 Å². The highest BCUT2D eigenvalue weighted by Gasteiger charge is 2.32. The van der Waals surface area contributed by atoms with E-state index >= 15 is 0 Å². The molecule has 0 spiro atoms. The molecule has 1 N–H and O–H groups in total. The van der Waals surface area contributed by atoms with Crippen LogP contribution in [0.25, 0.3) is 11.3 Å². The molecule has 0 aliphatic carbocycles. The SMILES string of the molecule is O=C(Nc1nc(-c2ccc([N+](=O)[O-])cc2)cs1)C1CCN(S(=O)(=O)c2ccc(F)cc2)CC1. The standard InChI is InChI=1S/C21H19FN4O5S2/c22-16-3-7-18(8-4-16)33(30,31)25-11-9-15(10-12-25)20(27)24-21-23-19(13-32-21)14-1-5-17(6-2-14)26(28)29/h1-8,13,15H,9-12H2,(H,23,24,27). The number of nitro benzene ring substituents is 1. The molecular weight excluding hydrogens is 471 g/mol. The van der Waals surface area contributed by atoms with Gasteiger partial charge in [0.1, 0.15) is 5.82 Å². The summed E-state index contributed by atoms with van der Waals surface area (Å²) in [6.07, 6.45) is 0.708. The Bertz CT molecular complexity index is 1270. The smallest absolute Gasteiger partial charge is 0.269 e. The molecule has 0 bridgehead atoms. The van der Waals surface area contributed by atoms with Crippen molar-refractivity contribution in [2.45, 2.75) is 17.7 Å². The lowest BCUT2D eigenvalue weighted by molar-refractivity contribution is -0.384. The van der Waals surface area contributed by atoms with E-state index in [2.05, 4.69) is 10.3 Å². The van der Waals surface area contributed by atoms with Crippen LogP contribution in [0.3, 0.4) is 0 Å². The number of hydrogen-bond donors (Lipinski definition) is 1. The second-order valence-electron chi connectivity index (χ2n) is 7.46. The average Bonchev–Trinajstić information content (AvgIpc) is 3.28. The highest BCUT2D eigenvalue weighted by molar-refractivity contribution is 7.89. The minimum absolute atomic E-state index is 0.0182. The molecule has 1 fully saturated rings. The summed E-state index contributed by atoms with van der Waals surface area (Å²) in [5.74, 6) is -1.11. The number of carbonyl (C=O) groups is 1. The Morgan fingerprint density at radius 2 is 1.76 bits per heavy atom. The zero-order valence-corrected chi connectivity index (χ0v) is 18.8. The van der Waals surface area contributed by atoms with Gasteiger partial charge in [-0.05, 0) is 49.2 Å². The largest absolute Gasteiger partial charge is 0.302 e. The van der Waals surface area contributed by atoms with Crippen LogP contribution in [0, 0.1) is 21.8 Å². The van der Waals surface area contributed by atoms with E-state index in [1.165, 1.54) is 39.9 Å². The van der Waals surface area contributed by atoms with Crippen LogP contribution in [-0.2, 0) is 14.8 Å². The Morgan fingerprint density at radius 1 is 1.12 bits per heavy atom. The van der Waals surface area contributed by atoms with Crippen molar-refractivity contribution in [3.8, 4) is 11.3 Å². The first kappa shape index (κ1) is 23.0. The molecule has 0 unspecified atom stereocenters. The van der Waals surface area contributed by atoms with Gasteiger partial charge in [-0.15, -0.1) is 11.3 Å². The number of nitrogens with one attached hydrogen (secondary N) is 1. The van der Waals surface area contributed by atoms with Gasteiger partial charge >= 0.3 is 0 Å². The summed E-state index contributed by atoms with van der Waals surface area (Å²) in [6, 6.07) is 10.6. The Balaban J connectivity index is 1.35. The molecule has 1 amide bonds. The third-order valence-electron chi connectivity index (χ3n) is 5.38. The number of halogens is 1. The second kappa shape index (κ2) is 9.33. The van der Waals surface area contributed by atoms with Crippen molar-refractivity contribution in [2.75, 3.05) is 18.4 Å². The van der Waals surface area contributed by atoms with Gasteiger partial charge in [-0.1, -0.05) is 0 Å². The second-order valence-corrected chi connectivity index (χ2v) is 10.3. The van der Waals surface area contributed by atoms with E-state index < -0.39 is 20.8 Å². The Labute approximate surface area is 193 Å². The minimum Gasteiger partial charge on any atom is -0.302 e. The van der Waals surface area contributed by atoms with Gasteiger partial charge in [-0.2, -0.15) is 4.31 Å². The molecule has 2 heterocycles. The normalized spacial score (nSPS) is 15.3. The molecule has 9 nitrogen and oxygen atoms in total. The van der Waals surface area contributed by atoms with Crippen molar-refractivity contribution in [3.63, 3.8) is 0 Å². The lowest BCUT2D eigenvalue weighted by Crippen LogP contribution is -2.41. The number of piperidine rings is 1. The summed E-state index contributed by atoms with van der Waals surface area (Å²) in [6.45, 7) is 0.368. The van der Waals surface area contributed by atoms with E-state index in [0.29, 0.717) is 29.2 Å². The highest BCUT2D eigenvalue weighted by Crippen LogP contribution is 2.28. The van der Waals surface area contributed by atoms with Gasteiger partial charge in [0.05, 0.1) is 15.5 Å². The number of rotatable bonds is 6. The lowest BCUT2D eigenvalue weighted by atomic mass is 9.97. The van der Waals surface area contributed by atoms with Crippen LogP contribution in [0.15, 0.2) is 58.8 Å². The van der Waals surface area contributed by atoms with Crippen molar-refractivity contribution >= 4 is 38.1 Å². The van der Waals surface area contributed by atoms with Crippen LogP contribution in [-0.4, -0.2) is 41.6 Å². The summed E-state index contributed by atoms with van der Waals surface area (Å²) in [7, 11) is -3.74. The van der Waals surface area contributed by atoms with E-state index in [1.807, 2.05) is 0 Å². The summed E-state index contributed by atoms with van der Waals surface area (Å²) < 4.78 is 39.8. The number of carbonyl (C=O) groups excluding carboxylic acids is 1. The first-order chi connectivity index (χ1) is 15.7. The zero-order valence-electron chi connectivity index (χ0n) is 17.2. The number of benzene rings is 2. The predicted octanol–water partition coefficient (Wildman–Crippen LogP) is 3.90. The van der Waals surface area contributed by atoms with Gasteiger partial charge in [-0.25, -0.2) is 17.8 Å². The third-order valence-corrected chi connectivity index (χ3v) is 8.05. The quantitative estimate of drug-likeness (QED) is 0.413. The van der Waals surface area contributed by atoms with Gasteiger partial charge in [0.25, 0.3) is 5.69 Å². The molecule has 3 aromatic rings. The van der Waals surface area contributed by atoms with Gasteiger partial charge in [0.2, 0.25) is 15.9 Å². The fourth-order valence-electron chi connectivity index (χ4n) is 3.54. The summed E-state index contributed by atoms with van der Waals surface area (Å²) in [4.78, 5) is 27.4. The number of non-ortho nitro benzene ring substituents is 1. The first-order valence-electron chi connectivity index (χ1n) is 10.0.